The Balaban J connectivity index is 0.00000484. The molecule has 0 amide bonds. The molecule has 0 radical (unpaired) electrons. The standard InChI is InChI=1S/C16H23FN4O.HI/c1-3-22-9-5-4-8-20-16(19-2)21-12-14-10-13(11-18)6-7-15(14)17;/h6-7,10H,3-5,8-9,12H2,1-2H3,(H2,19,20,21);1H. The molecule has 1 aromatic rings. The molecule has 128 valence electrons. The molecule has 0 unspecified atom stereocenters. The van der Waals surface area contributed by atoms with E-state index in [1.54, 1.807) is 7.05 Å². The summed E-state index contributed by atoms with van der Waals surface area (Å²) in [5.74, 6) is 0.275. The second kappa shape index (κ2) is 13.1. The SMILES string of the molecule is CCOCCCCNC(=NC)NCc1cc(C#N)ccc1F.I. The van der Waals surface area contributed by atoms with E-state index in [1.165, 1.54) is 18.2 Å². The number of unbranched alkanes of at least 4 members (excludes halogenated alkanes) is 1. The number of nitrogens with one attached hydrogen (secondary N) is 2. The molecular weight excluding hydrogens is 410 g/mol. The van der Waals surface area contributed by atoms with Crippen molar-refractivity contribution in [2.24, 2.45) is 4.99 Å². The van der Waals surface area contributed by atoms with E-state index in [0.717, 1.165) is 32.6 Å². The van der Waals surface area contributed by atoms with Gasteiger partial charge in [-0.05, 0) is 38.0 Å². The molecule has 0 atom stereocenters. The van der Waals surface area contributed by atoms with E-state index in [1.807, 2.05) is 13.0 Å². The molecule has 0 spiro atoms. The number of guanidine groups is 1. The Morgan fingerprint density at radius 2 is 2.13 bits per heavy atom. The van der Waals surface area contributed by atoms with Gasteiger partial charge in [0.15, 0.2) is 5.96 Å². The summed E-state index contributed by atoms with van der Waals surface area (Å²) in [5, 5.41) is 15.0. The lowest BCUT2D eigenvalue weighted by molar-refractivity contribution is 0.143. The Morgan fingerprint density at radius 3 is 2.78 bits per heavy atom. The maximum atomic E-state index is 13.7. The lowest BCUT2D eigenvalue weighted by Gasteiger charge is -2.12. The zero-order chi connectivity index (χ0) is 16.2. The third kappa shape index (κ3) is 8.71. The number of hydrogen-bond donors (Lipinski definition) is 2. The second-order valence-corrected chi connectivity index (χ2v) is 4.67. The van der Waals surface area contributed by atoms with E-state index in [4.69, 9.17) is 10.00 Å². The number of halogens is 2. The molecule has 1 aromatic carbocycles. The first-order chi connectivity index (χ1) is 10.7. The molecule has 7 heteroatoms. The molecule has 0 fully saturated rings. The van der Waals surface area contributed by atoms with Crippen molar-refractivity contribution in [3.63, 3.8) is 0 Å². The minimum Gasteiger partial charge on any atom is -0.382 e. The van der Waals surface area contributed by atoms with Crippen LogP contribution in [0.25, 0.3) is 0 Å². The van der Waals surface area contributed by atoms with Crippen molar-refractivity contribution < 1.29 is 9.13 Å². The first-order valence-corrected chi connectivity index (χ1v) is 7.42. The van der Waals surface area contributed by atoms with Gasteiger partial charge in [-0.3, -0.25) is 4.99 Å². The minimum absolute atomic E-state index is 0. The highest BCUT2D eigenvalue weighted by Gasteiger charge is 2.05. The fourth-order valence-electron chi connectivity index (χ4n) is 1.86. The Hall–Kier alpha value is -1.40. The highest BCUT2D eigenvalue weighted by molar-refractivity contribution is 14.0. The van der Waals surface area contributed by atoms with Gasteiger partial charge in [0.25, 0.3) is 0 Å². The number of nitrogens with zero attached hydrogens (tertiary/aromatic N) is 2. The topological polar surface area (TPSA) is 69.4 Å². The molecule has 0 bridgehead atoms. The third-order valence-electron chi connectivity index (χ3n) is 3.06. The smallest absolute Gasteiger partial charge is 0.191 e. The Kier molecular flexibility index (Phi) is 12.3. The van der Waals surface area contributed by atoms with Crippen molar-refractivity contribution in [3.8, 4) is 6.07 Å². The number of ether oxygens (including phenoxy) is 1. The Bertz CT molecular complexity index is 531. The first kappa shape index (κ1) is 21.6. The number of hydrogen-bond acceptors (Lipinski definition) is 3. The fourth-order valence-corrected chi connectivity index (χ4v) is 1.86. The first-order valence-electron chi connectivity index (χ1n) is 7.42. The van der Waals surface area contributed by atoms with Gasteiger partial charge in [-0.1, -0.05) is 0 Å². The normalized spacial score (nSPS) is 10.6. The van der Waals surface area contributed by atoms with Gasteiger partial charge in [0.2, 0.25) is 0 Å². The number of rotatable bonds is 8. The van der Waals surface area contributed by atoms with E-state index in [2.05, 4.69) is 15.6 Å². The van der Waals surface area contributed by atoms with Crippen LogP contribution < -0.4 is 10.6 Å². The van der Waals surface area contributed by atoms with Gasteiger partial charge in [-0.2, -0.15) is 5.26 Å². The predicted molar refractivity (Wildman–Crippen MR) is 100 cm³/mol. The molecule has 1 rings (SSSR count). The van der Waals surface area contributed by atoms with Crippen molar-refractivity contribution in [1.82, 2.24) is 10.6 Å². The van der Waals surface area contributed by atoms with E-state index in [0.29, 0.717) is 17.1 Å². The van der Waals surface area contributed by atoms with Crippen molar-refractivity contribution in [1.29, 1.82) is 5.26 Å². The highest BCUT2D eigenvalue weighted by atomic mass is 127. The van der Waals surface area contributed by atoms with Gasteiger partial charge in [-0.15, -0.1) is 24.0 Å². The quantitative estimate of drug-likeness (QED) is 0.286. The summed E-state index contributed by atoms with van der Waals surface area (Å²) in [6.07, 6.45) is 1.95. The third-order valence-corrected chi connectivity index (χ3v) is 3.06. The van der Waals surface area contributed by atoms with Gasteiger partial charge >= 0.3 is 0 Å². The molecule has 0 aliphatic heterocycles. The van der Waals surface area contributed by atoms with Crippen molar-refractivity contribution in [2.75, 3.05) is 26.8 Å². The maximum Gasteiger partial charge on any atom is 0.191 e. The second-order valence-electron chi connectivity index (χ2n) is 4.67. The molecule has 2 N–H and O–H groups in total. The largest absolute Gasteiger partial charge is 0.382 e. The van der Waals surface area contributed by atoms with Crippen LogP contribution in [0.5, 0.6) is 0 Å². The van der Waals surface area contributed by atoms with Crippen molar-refractivity contribution >= 4 is 29.9 Å². The average Bonchev–Trinajstić information content (AvgIpc) is 2.55. The molecule has 23 heavy (non-hydrogen) atoms. The highest BCUT2D eigenvalue weighted by Crippen LogP contribution is 2.09. The molecule has 0 saturated carbocycles. The van der Waals surface area contributed by atoms with Crippen molar-refractivity contribution in [2.45, 2.75) is 26.3 Å². The van der Waals surface area contributed by atoms with Crippen LogP contribution in [0.15, 0.2) is 23.2 Å². The van der Waals surface area contributed by atoms with Crippen LogP contribution in [-0.2, 0) is 11.3 Å². The molecular formula is C16H24FIN4O. The van der Waals surface area contributed by atoms with E-state index in [9.17, 15) is 4.39 Å². The van der Waals surface area contributed by atoms with Gasteiger partial charge in [0, 0.05) is 38.9 Å². The Morgan fingerprint density at radius 1 is 1.35 bits per heavy atom. The van der Waals surface area contributed by atoms with E-state index >= 15 is 0 Å². The van der Waals surface area contributed by atoms with Crippen LogP contribution >= 0.6 is 24.0 Å². The van der Waals surface area contributed by atoms with Gasteiger partial charge in [0.05, 0.1) is 11.6 Å². The van der Waals surface area contributed by atoms with Gasteiger partial charge in [0.1, 0.15) is 5.82 Å². The average molecular weight is 434 g/mol. The summed E-state index contributed by atoms with van der Waals surface area (Å²) in [7, 11) is 1.66. The summed E-state index contributed by atoms with van der Waals surface area (Å²) < 4.78 is 18.9. The van der Waals surface area contributed by atoms with Crippen LogP contribution in [0, 0.1) is 17.1 Å². The Labute approximate surface area is 154 Å². The monoisotopic (exact) mass is 434 g/mol. The lowest BCUT2D eigenvalue weighted by atomic mass is 10.1. The lowest BCUT2D eigenvalue weighted by Crippen LogP contribution is -2.37. The number of nitriles is 1. The summed E-state index contributed by atoms with van der Waals surface area (Å²) in [5.41, 5.74) is 0.885. The van der Waals surface area contributed by atoms with Crippen LogP contribution in [0.3, 0.4) is 0 Å². The molecule has 0 aromatic heterocycles. The minimum atomic E-state index is -0.335. The summed E-state index contributed by atoms with van der Waals surface area (Å²) in [6.45, 7) is 4.53. The number of aliphatic imine (C=N–C) groups is 1. The molecule has 0 aliphatic rings. The van der Waals surface area contributed by atoms with Crippen LogP contribution in [0.4, 0.5) is 4.39 Å². The van der Waals surface area contributed by atoms with Crippen LogP contribution in [0.1, 0.15) is 30.9 Å². The van der Waals surface area contributed by atoms with Gasteiger partial charge in [-0.25, -0.2) is 4.39 Å². The maximum absolute atomic E-state index is 13.7. The molecule has 0 heterocycles. The van der Waals surface area contributed by atoms with Crippen molar-refractivity contribution in [3.05, 3.63) is 35.1 Å². The summed E-state index contributed by atoms with van der Waals surface area (Å²) in [4.78, 5) is 4.09. The molecule has 0 saturated heterocycles. The number of benzene rings is 1. The fraction of sp³-hybridized carbons (Fsp3) is 0.500. The molecule has 5 nitrogen and oxygen atoms in total. The summed E-state index contributed by atoms with van der Waals surface area (Å²) in [6, 6.07) is 6.31. The zero-order valence-corrected chi connectivity index (χ0v) is 15.9. The van der Waals surface area contributed by atoms with Crippen LogP contribution in [-0.4, -0.2) is 32.8 Å². The van der Waals surface area contributed by atoms with Crippen LogP contribution in [0.2, 0.25) is 0 Å². The summed E-state index contributed by atoms with van der Waals surface area (Å²) >= 11 is 0. The van der Waals surface area contributed by atoms with E-state index < -0.39 is 0 Å². The van der Waals surface area contributed by atoms with E-state index in [-0.39, 0.29) is 36.3 Å². The predicted octanol–water partition coefficient (Wildman–Crippen LogP) is 2.80. The zero-order valence-electron chi connectivity index (χ0n) is 13.6. The van der Waals surface area contributed by atoms with Gasteiger partial charge < -0.3 is 15.4 Å². The molecule has 0 aliphatic carbocycles.